The summed E-state index contributed by atoms with van der Waals surface area (Å²) in [6.07, 6.45) is 0. The first-order valence-corrected chi connectivity index (χ1v) is 5.03. The van der Waals surface area contributed by atoms with Gasteiger partial charge in [-0.1, -0.05) is 12.1 Å². The van der Waals surface area contributed by atoms with Crippen LogP contribution in [0.1, 0.15) is 0 Å². The predicted octanol–water partition coefficient (Wildman–Crippen LogP) is -0.332. The molecule has 1 amide bonds. The van der Waals surface area contributed by atoms with Gasteiger partial charge in [-0.05, 0) is 17.3 Å². The summed E-state index contributed by atoms with van der Waals surface area (Å²) in [5.74, 6) is 0.266. The second-order valence-corrected chi connectivity index (χ2v) is 3.44. The van der Waals surface area contributed by atoms with Crippen molar-refractivity contribution >= 4 is 11.6 Å². The average Bonchev–Trinajstić information content (AvgIpc) is 2.77. The fourth-order valence-corrected chi connectivity index (χ4v) is 1.31. The second kappa shape index (κ2) is 4.60. The topological polar surface area (TPSA) is 98.7 Å². The summed E-state index contributed by atoms with van der Waals surface area (Å²) in [6.45, 7) is 0.0474. The Balaban J connectivity index is 2.21. The third-order valence-corrected chi connectivity index (χ3v) is 2.16. The summed E-state index contributed by atoms with van der Waals surface area (Å²) < 4.78 is 0. The number of likely N-dealkylation sites (N-methyl/N-ethyl adjacent to an activating group) is 1. The van der Waals surface area contributed by atoms with Crippen LogP contribution in [0.15, 0.2) is 24.3 Å². The number of hydrogen-bond donors (Lipinski definition) is 2. The third kappa shape index (κ3) is 2.57. The van der Waals surface area contributed by atoms with Crippen LogP contribution < -0.4 is 11.1 Å². The number of amides is 1. The molecule has 17 heavy (non-hydrogen) atoms. The third-order valence-electron chi connectivity index (χ3n) is 2.16. The molecule has 1 heterocycles. The quantitative estimate of drug-likeness (QED) is 0.706. The highest BCUT2D eigenvalue weighted by Crippen LogP contribution is 2.16. The smallest absolute Gasteiger partial charge is 0.243 e. The molecule has 0 aliphatic rings. The van der Waals surface area contributed by atoms with Crippen LogP contribution in [0.25, 0.3) is 11.4 Å². The highest BCUT2D eigenvalue weighted by atomic mass is 16.2. The molecule has 7 heteroatoms. The van der Waals surface area contributed by atoms with E-state index in [-0.39, 0.29) is 12.5 Å². The van der Waals surface area contributed by atoms with E-state index in [0.29, 0.717) is 11.5 Å². The number of hydrogen-bond acceptors (Lipinski definition) is 5. The van der Waals surface area contributed by atoms with Crippen LogP contribution in [-0.2, 0) is 11.3 Å². The van der Waals surface area contributed by atoms with Crippen LogP contribution in [0.4, 0.5) is 5.69 Å². The van der Waals surface area contributed by atoms with Crippen molar-refractivity contribution in [3.63, 3.8) is 0 Å². The summed E-state index contributed by atoms with van der Waals surface area (Å²) >= 11 is 0. The lowest BCUT2D eigenvalue weighted by Gasteiger charge is -1.97. The van der Waals surface area contributed by atoms with Crippen molar-refractivity contribution in [1.29, 1.82) is 0 Å². The fourth-order valence-electron chi connectivity index (χ4n) is 1.31. The van der Waals surface area contributed by atoms with E-state index in [0.717, 1.165) is 5.56 Å². The van der Waals surface area contributed by atoms with E-state index < -0.39 is 0 Å². The molecular weight excluding hydrogens is 220 g/mol. The van der Waals surface area contributed by atoms with Gasteiger partial charge in [-0.2, -0.15) is 4.80 Å². The number of nitrogen functional groups attached to an aromatic ring is 1. The number of nitrogens with zero attached hydrogens (tertiary/aromatic N) is 4. The first kappa shape index (κ1) is 11.1. The van der Waals surface area contributed by atoms with Crippen molar-refractivity contribution in [2.24, 2.45) is 0 Å². The van der Waals surface area contributed by atoms with Crippen molar-refractivity contribution in [1.82, 2.24) is 25.5 Å². The van der Waals surface area contributed by atoms with E-state index in [4.69, 9.17) is 5.73 Å². The Labute approximate surface area is 97.6 Å². The molecule has 0 spiro atoms. The second-order valence-electron chi connectivity index (χ2n) is 3.44. The number of carbonyl (C=O) groups excluding carboxylic acids is 1. The maximum atomic E-state index is 11.1. The molecule has 88 valence electrons. The van der Waals surface area contributed by atoms with Crippen molar-refractivity contribution in [2.45, 2.75) is 6.54 Å². The maximum Gasteiger partial charge on any atom is 0.243 e. The molecule has 0 bridgehead atoms. The van der Waals surface area contributed by atoms with Gasteiger partial charge in [0.15, 0.2) is 0 Å². The van der Waals surface area contributed by atoms with Crippen molar-refractivity contribution in [3.8, 4) is 11.4 Å². The zero-order valence-electron chi connectivity index (χ0n) is 9.29. The van der Waals surface area contributed by atoms with Gasteiger partial charge >= 0.3 is 0 Å². The van der Waals surface area contributed by atoms with Gasteiger partial charge in [0, 0.05) is 18.3 Å². The summed E-state index contributed by atoms with van der Waals surface area (Å²) in [4.78, 5) is 12.4. The van der Waals surface area contributed by atoms with E-state index in [1.807, 2.05) is 12.1 Å². The van der Waals surface area contributed by atoms with Gasteiger partial charge < -0.3 is 11.1 Å². The molecule has 0 fully saturated rings. The molecule has 0 unspecified atom stereocenters. The molecule has 0 saturated heterocycles. The number of aromatic nitrogens is 4. The van der Waals surface area contributed by atoms with Crippen LogP contribution in [-0.4, -0.2) is 33.2 Å². The van der Waals surface area contributed by atoms with Crippen molar-refractivity contribution in [3.05, 3.63) is 24.3 Å². The van der Waals surface area contributed by atoms with Gasteiger partial charge in [-0.3, -0.25) is 4.79 Å². The van der Waals surface area contributed by atoms with E-state index in [9.17, 15) is 4.79 Å². The first-order chi connectivity index (χ1) is 8.19. The van der Waals surface area contributed by atoms with Gasteiger partial charge in [0.05, 0.1) is 0 Å². The van der Waals surface area contributed by atoms with Crippen LogP contribution in [0.5, 0.6) is 0 Å². The average molecular weight is 232 g/mol. The van der Waals surface area contributed by atoms with Crippen LogP contribution in [0.2, 0.25) is 0 Å². The molecule has 0 aliphatic carbocycles. The number of nitrogens with one attached hydrogen (secondary N) is 1. The molecule has 0 atom stereocenters. The van der Waals surface area contributed by atoms with E-state index in [1.165, 1.54) is 4.80 Å². The summed E-state index contributed by atoms with van der Waals surface area (Å²) in [7, 11) is 1.55. The van der Waals surface area contributed by atoms with E-state index >= 15 is 0 Å². The molecule has 0 aliphatic heterocycles. The van der Waals surface area contributed by atoms with E-state index in [2.05, 4.69) is 20.7 Å². The SMILES string of the molecule is CNC(=O)Cn1nnc(-c2cccc(N)c2)n1. The standard InChI is InChI=1S/C10H12N6O/c1-12-9(17)6-16-14-10(13-15-16)7-3-2-4-8(11)5-7/h2-5H,6,11H2,1H3,(H,12,17). The van der Waals surface area contributed by atoms with Crippen molar-refractivity contribution in [2.75, 3.05) is 12.8 Å². The number of carbonyl (C=O) groups is 1. The summed E-state index contributed by atoms with van der Waals surface area (Å²) in [5, 5.41) is 14.2. The van der Waals surface area contributed by atoms with Crippen LogP contribution >= 0.6 is 0 Å². The monoisotopic (exact) mass is 232 g/mol. The minimum atomic E-state index is -0.179. The molecule has 1 aromatic carbocycles. The normalized spacial score (nSPS) is 10.2. The Hall–Kier alpha value is -2.44. The first-order valence-electron chi connectivity index (χ1n) is 5.03. The molecule has 0 radical (unpaired) electrons. The van der Waals surface area contributed by atoms with Crippen LogP contribution in [0, 0.1) is 0 Å². The Morgan fingerprint density at radius 3 is 3.06 bits per heavy atom. The van der Waals surface area contributed by atoms with Gasteiger partial charge in [-0.15, -0.1) is 10.2 Å². The molecular formula is C10H12N6O. The fraction of sp³-hybridized carbons (Fsp3) is 0.200. The molecule has 3 N–H and O–H groups in total. The number of tetrazole rings is 1. The number of anilines is 1. The Bertz CT molecular complexity index is 535. The Morgan fingerprint density at radius 2 is 2.35 bits per heavy atom. The van der Waals surface area contributed by atoms with Gasteiger partial charge in [0.2, 0.25) is 11.7 Å². The lowest BCUT2D eigenvalue weighted by molar-refractivity contribution is -0.121. The summed E-state index contributed by atoms with van der Waals surface area (Å²) in [6, 6.07) is 7.17. The minimum absolute atomic E-state index is 0.0474. The lowest BCUT2D eigenvalue weighted by atomic mass is 10.2. The highest BCUT2D eigenvalue weighted by molar-refractivity contribution is 5.75. The van der Waals surface area contributed by atoms with E-state index in [1.54, 1.807) is 19.2 Å². The lowest BCUT2D eigenvalue weighted by Crippen LogP contribution is -2.24. The summed E-state index contributed by atoms with van der Waals surface area (Å²) in [5.41, 5.74) is 7.06. The minimum Gasteiger partial charge on any atom is -0.399 e. The van der Waals surface area contributed by atoms with Crippen molar-refractivity contribution < 1.29 is 4.79 Å². The Kier molecular flexibility index (Phi) is 2.99. The van der Waals surface area contributed by atoms with Gasteiger partial charge in [0.25, 0.3) is 0 Å². The Morgan fingerprint density at radius 1 is 1.53 bits per heavy atom. The molecule has 2 rings (SSSR count). The molecule has 1 aromatic heterocycles. The van der Waals surface area contributed by atoms with Crippen LogP contribution in [0.3, 0.4) is 0 Å². The zero-order valence-corrected chi connectivity index (χ0v) is 9.29. The number of rotatable bonds is 3. The zero-order chi connectivity index (χ0) is 12.3. The molecule has 0 saturated carbocycles. The van der Waals surface area contributed by atoms with Gasteiger partial charge in [-0.25, -0.2) is 0 Å². The van der Waals surface area contributed by atoms with Gasteiger partial charge in [0.1, 0.15) is 6.54 Å². The number of benzene rings is 1. The molecule has 2 aromatic rings. The maximum absolute atomic E-state index is 11.1. The largest absolute Gasteiger partial charge is 0.399 e. The highest BCUT2D eigenvalue weighted by Gasteiger charge is 2.08. The molecule has 7 nitrogen and oxygen atoms in total. The number of nitrogens with two attached hydrogens (primary N) is 1. The predicted molar refractivity (Wildman–Crippen MR) is 61.7 cm³/mol.